The maximum Gasteiger partial charge on any atom is 0.257 e. The number of methoxy groups -OCH3 is 2. The van der Waals surface area contributed by atoms with Gasteiger partial charge >= 0.3 is 0 Å². The molecule has 0 spiro atoms. The minimum atomic E-state index is -0.669. The highest BCUT2D eigenvalue weighted by molar-refractivity contribution is 5.83. The van der Waals surface area contributed by atoms with Crippen molar-refractivity contribution in [3.63, 3.8) is 0 Å². The van der Waals surface area contributed by atoms with E-state index in [-0.39, 0.29) is 23.2 Å². The van der Waals surface area contributed by atoms with Gasteiger partial charge in [-0.2, -0.15) is 19.6 Å². The highest BCUT2D eigenvalue weighted by Crippen LogP contribution is 2.42. The molecule has 3 aromatic rings. The summed E-state index contributed by atoms with van der Waals surface area (Å²) in [5.41, 5.74) is 0.376. The zero-order valence-corrected chi connectivity index (χ0v) is 15.9. The third kappa shape index (κ3) is 2.90. The summed E-state index contributed by atoms with van der Waals surface area (Å²) in [6.07, 6.45) is 4.47. The van der Waals surface area contributed by atoms with Crippen LogP contribution < -0.4 is 14.4 Å². The first-order chi connectivity index (χ1) is 13.5. The number of halogens is 2. The van der Waals surface area contributed by atoms with Crippen molar-refractivity contribution < 1.29 is 18.3 Å². The van der Waals surface area contributed by atoms with Crippen LogP contribution in [0.25, 0.3) is 16.9 Å². The molecule has 1 unspecified atom stereocenters. The molecule has 1 aliphatic heterocycles. The Labute approximate surface area is 160 Å². The summed E-state index contributed by atoms with van der Waals surface area (Å²) in [5, 5.41) is 4.28. The van der Waals surface area contributed by atoms with Crippen LogP contribution in [0.1, 0.15) is 26.2 Å². The van der Waals surface area contributed by atoms with Crippen molar-refractivity contribution in [1.82, 2.24) is 19.6 Å². The Kier molecular flexibility index (Phi) is 4.74. The molecule has 1 fully saturated rings. The topological polar surface area (TPSA) is 64.8 Å². The zero-order valence-electron chi connectivity index (χ0n) is 15.9. The Morgan fingerprint density at radius 2 is 1.93 bits per heavy atom. The lowest BCUT2D eigenvalue weighted by atomic mass is 10.0. The average Bonchev–Trinajstić information content (AvgIpc) is 3.17. The summed E-state index contributed by atoms with van der Waals surface area (Å²) in [6, 6.07) is 2.33. The Morgan fingerprint density at radius 1 is 1.11 bits per heavy atom. The molecular weight excluding hydrogens is 368 g/mol. The number of fused-ring (bicyclic) bond motifs is 1. The second kappa shape index (κ2) is 7.21. The Morgan fingerprint density at radius 3 is 2.64 bits per heavy atom. The molecule has 3 heterocycles. The Hall–Kier alpha value is -2.97. The van der Waals surface area contributed by atoms with Crippen molar-refractivity contribution >= 4 is 11.6 Å². The van der Waals surface area contributed by atoms with Gasteiger partial charge in [-0.25, -0.2) is 8.78 Å². The SMILES string of the molecule is COc1cc(F)c(-c2c(OC)nc3ncnn3c2N2CCCCC2C)cc1F. The van der Waals surface area contributed by atoms with E-state index in [2.05, 4.69) is 26.9 Å². The van der Waals surface area contributed by atoms with Gasteiger partial charge in [0.05, 0.1) is 19.8 Å². The van der Waals surface area contributed by atoms with Crippen LogP contribution in [0.5, 0.6) is 11.6 Å². The number of nitrogens with zero attached hydrogens (tertiary/aromatic N) is 5. The first kappa shape index (κ1) is 18.4. The highest BCUT2D eigenvalue weighted by atomic mass is 19.1. The van der Waals surface area contributed by atoms with E-state index in [4.69, 9.17) is 9.47 Å². The van der Waals surface area contributed by atoms with Gasteiger partial charge in [0.15, 0.2) is 11.6 Å². The minimum absolute atomic E-state index is 0.0350. The predicted molar refractivity (Wildman–Crippen MR) is 99.9 cm³/mol. The van der Waals surface area contributed by atoms with Gasteiger partial charge in [-0.05, 0) is 32.3 Å². The molecule has 0 N–H and O–H groups in total. The maximum absolute atomic E-state index is 15.0. The van der Waals surface area contributed by atoms with Crippen LogP contribution in [0.15, 0.2) is 18.5 Å². The summed E-state index contributed by atoms with van der Waals surface area (Å²) in [4.78, 5) is 10.6. The van der Waals surface area contributed by atoms with Gasteiger partial charge in [0.2, 0.25) is 5.88 Å². The molecule has 1 aromatic carbocycles. The normalized spacial score (nSPS) is 17.2. The number of piperidine rings is 1. The maximum atomic E-state index is 15.0. The third-order valence-corrected chi connectivity index (χ3v) is 5.15. The van der Waals surface area contributed by atoms with E-state index in [0.29, 0.717) is 17.2 Å². The van der Waals surface area contributed by atoms with Crippen LogP contribution in [0.4, 0.5) is 14.6 Å². The van der Waals surface area contributed by atoms with E-state index in [0.717, 1.165) is 37.9 Å². The van der Waals surface area contributed by atoms with E-state index in [1.54, 1.807) is 4.52 Å². The molecule has 7 nitrogen and oxygen atoms in total. The lowest BCUT2D eigenvalue weighted by Crippen LogP contribution is -2.39. The second-order valence-corrected chi connectivity index (χ2v) is 6.80. The van der Waals surface area contributed by atoms with Crippen LogP contribution >= 0.6 is 0 Å². The van der Waals surface area contributed by atoms with Crippen LogP contribution in [0.2, 0.25) is 0 Å². The summed E-state index contributed by atoms with van der Waals surface area (Å²) >= 11 is 0. The number of rotatable bonds is 4. The van der Waals surface area contributed by atoms with E-state index in [1.165, 1.54) is 20.5 Å². The Balaban J connectivity index is 2.04. The van der Waals surface area contributed by atoms with Gasteiger partial charge in [0.1, 0.15) is 18.0 Å². The van der Waals surface area contributed by atoms with Crippen molar-refractivity contribution in [2.45, 2.75) is 32.2 Å². The van der Waals surface area contributed by atoms with Crippen molar-refractivity contribution in [3.05, 3.63) is 30.1 Å². The number of hydrogen-bond donors (Lipinski definition) is 0. The summed E-state index contributed by atoms with van der Waals surface area (Å²) in [7, 11) is 2.74. The molecule has 9 heteroatoms. The average molecular weight is 389 g/mol. The number of ether oxygens (including phenoxy) is 2. The molecule has 0 amide bonds. The zero-order chi connectivity index (χ0) is 19.8. The fourth-order valence-corrected chi connectivity index (χ4v) is 3.75. The van der Waals surface area contributed by atoms with Gasteiger partial charge in [-0.15, -0.1) is 0 Å². The number of aromatic nitrogens is 4. The van der Waals surface area contributed by atoms with Gasteiger partial charge < -0.3 is 14.4 Å². The molecule has 2 aromatic heterocycles. The van der Waals surface area contributed by atoms with Gasteiger partial charge in [-0.3, -0.25) is 0 Å². The molecule has 1 aliphatic rings. The van der Waals surface area contributed by atoms with Gasteiger partial charge in [0, 0.05) is 24.2 Å². The van der Waals surface area contributed by atoms with E-state index in [1.807, 2.05) is 0 Å². The molecule has 1 saturated heterocycles. The molecule has 0 bridgehead atoms. The van der Waals surface area contributed by atoms with Crippen molar-refractivity contribution in [1.29, 1.82) is 0 Å². The van der Waals surface area contributed by atoms with Gasteiger partial charge in [-0.1, -0.05) is 0 Å². The lowest BCUT2D eigenvalue weighted by molar-refractivity contribution is 0.382. The van der Waals surface area contributed by atoms with Crippen molar-refractivity contribution in [2.24, 2.45) is 0 Å². The minimum Gasteiger partial charge on any atom is -0.494 e. The molecule has 4 rings (SSSR count). The number of benzene rings is 1. The fraction of sp³-hybridized carbons (Fsp3) is 0.421. The van der Waals surface area contributed by atoms with Crippen LogP contribution in [-0.2, 0) is 0 Å². The highest BCUT2D eigenvalue weighted by Gasteiger charge is 2.30. The van der Waals surface area contributed by atoms with E-state index >= 15 is 0 Å². The number of hydrogen-bond acceptors (Lipinski definition) is 6. The first-order valence-corrected chi connectivity index (χ1v) is 9.13. The smallest absolute Gasteiger partial charge is 0.257 e. The molecule has 28 heavy (non-hydrogen) atoms. The molecule has 0 aliphatic carbocycles. The largest absolute Gasteiger partial charge is 0.494 e. The molecule has 148 valence electrons. The van der Waals surface area contributed by atoms with E-state index in [9.17, 15) is 8.78 Å². The van der Waals surface area contributed by atoms with E-state index < -0.39 is 11.6 Å². The molecule has 1 atom stereocenters. The van der Waals surface area contributed by atoms with Gasteiger partial charge in [0.25, 0.3) is 5.78 Å². The summed E-state index contributed by atoms with van der Waals surface area (Å²) in [5.74, 6) is -0.376. The molecular formula is C19H21F2N5O2. The van der Waals surface area contributed by atoms with Crippen LogP contribution in [0, 0.1) is 11.6 Å². The molecule has 0 saturated carbocycles. The first-order valence-electron chi connectivity index (χ1n) is 9.13. The number of anilines is 1. The third-order valence-electron chi connectivity index (χ3n) is 5.15. The quantitative estimate of drug-likeness (QED) is 0.681. The molecule has 0 radical (unpaired) electrons. The predicted octanol–water partition coefficient (Wildman–Crippen LogP) is 3.47. The monoisotopic (exact) mass is 389 g/mol. The van der Waals surface area contributed by atoms with Crippen LogP contribution in [-0.4, -0.2) is 46.4 Å². The fourth-order valence-electron chi connectivity index (χ4n) is 3.75. The van der Waals surface area contributed by atoms with Crippen molar-refractivity contribution in [2.75, 3.05) is 25.7 Å². The Bertz CT molecular complexity index is 1020. The van der Waals surface area contributed by atoms with Crippen molar-refractivity contribution in [3.8, 4) is 22.8 Å². The lowest BCUT2D eigenvalue weighted by Gasteiger charge is -2.36. The summed E-state index contributed by atoms with van der Waals surface area (Å²) < 4.78 is 41.4. The van der Waals surface area contributed by atoms with Crippen LogP contribution in [0.3, 0.4) is 0 Å². The standard InChI is InChI=1S/C19H21F2N5O2/c1-11-6-4-5-7-25(11)18-16(12-8-14(21)15(27-2)9-13(12)20)17(28-3)24-19-22-10-23-26(18)19/h8-11H,4-7H2,1-3H3. The second-order valence-electron chi connectivity index (χ2n) is 6.80. The summed E-state index contributed by atoms with van der Waals surface area (Å²) in [6.45, 7) is 2.86.